The van der Waals surface area contributed by atoms with Crippen LogP contribution in [0.25, 0.3) is 0 Å². The van der Waals surface area contributed by atoms with Crippen molar-refractivity contribution in [2.75, 3.05) is 78.1 Å². The summed E-state index contributed by atoms with van der Waals surface area (Å²) in [6.07, 6.45) is 2.24. The molecule has 0 saturated heterocycles. The number of rotatable bonds is 29. The normalized spacial score (nSPS) is 14.6. The van der Waals surface area contributed by atoms with Crippen LogP contribution in [0.2, 0.25) is 12.1 Å². The van der Waals surface area contributed by atoms with Crippen molar-refractivity contribution in [3.05, 3.63) is 0 Å². The van der Waals surface area contributed by atoms with Crippen molar-refractivity contribution in [3.8, 4) is 0 Å². The van der Waals surface area contributed by atoms with Gasteiger partial charge in [-0.1, -0.05) is 77.0 Å². The summed E-state index contributed by atoms with van der Waals surface area (Å²) in [5.41, 5.74) is 0. The Morgan fingerprint density at radius 2 is 0.762 bits per heavy atom. The molecule has 0 bridgehead atoms. The van der Waals surface area contributed by atoms with Crippen molar-refractivity contribution >= 4 is 59.8 Å². The highest BCUT2D eigenvalue weighted by atomic mass is 33.7. The van der Waals surface area contributed by atoms with Crippen LogP contribution in [0.1, 0.15) is 82.1 Å². The maximum Gasteiger partial charge on any atom is 0.323 e. The molecule has 0 aromatic carbocycles. The average Bonchev–Trinajstić information content (AvgIpc) is 2.99. The van der Waals surface area contributed by atoms with Crippen LogP contribution in [0.15, 0.2) is 0 Å². The maximum absolute atomic E-state index is 6.78. The Morgan fingerprint density at radius 1 is 0.500 bits per heavy atom. The SMILES string of the molecule is CCN(CC)C(C)(O[SiH](CCCSSSSCCC[SiH](OC)OC(C)(N(CC)CC)N(CC)CC)OC)N(CC)CC. The predicted octanol–water partition coefficient (Wildman–Crippen LogP) is 6.93. The molecular formula is C28H66N4O4S4Si2. The van der Waals surface area contributed by atoms with Gasteiger partial charge in [-0.05, 0) is 111 Å². The van der Waals surface area contributed by atoms with Crippen molar-refractivity contribution in [3.63, 3.8) is 0 Å². The molecule has 0 heterocycles. The van der Waals surface area contributed by atoms with Crippen LogP contribution in [0.3, 0.4) is 0 Å². The van der Waals surface area contributed by atoms with Gasteiger partial charge in [0.15, 0.2) is 11.7 Å². The van der Waals surface area contributed by atoms with E-state index in [1.807, 2.05) is 55.5 Å². The molecule has 0 aromatic heterocycles. The second-order valence-electron chi connectivity index (χ2n) is 10.2. The minimum Gasteiger partial charge on any atom is -0.400 e. The smallest absolute Gasteiger partial charge is 0.323 e. The molecule has 0 aliphatic heterocycles. The van der Waals surface area contributed by atoms with Gasteiger partial charge in [-0.2, -0.15) is 0 Å². The molecule has 0 aromatic rings. The third-order valence-corrected chi connectivity index (χ3v) is 19.0. The Hall–Kier alpha value is 1.51. The molecule has 0 fully saturated rings. The van der Waals surface area contributed by atoms with Crippen LogP contribution >= 0.6 is 41.2 Å². The lowest BCUT2D eigenvalue weighted by molar-refractivity contribution is -0.189. The third-order valence-electron chi connectivity index (χ3n) is 8.09. The summed E-state index contributed by atoms with van der Waals surface area (Å²) in [5.74, 6) is 1.42. The zero-order chi connectivity index (χ0) is 32.0. The minimum atomic E-state index is -1.78. The average molecular weight is 707 g/mol. The first-order valence-corrected chi connectivity index (χ1v) is 24.8. The maximum atomic E-state index is 6.78. The van der Waals surface area contributed by atoms with Gasteiger partial charge in [-0.15, -0.1) is 0 Å². The van der Waals surface area contributed by atoms with E-state index < -0.39 is 30.3 Å². The first-order valence-electron chi connectivity index (χ1n) is 16.1. The molecule has 0 aliphatic rings. The van der Waals surface area contributed by atoms with Gasteiger partial charge in [-0.3, -0.25) is 19.6 Å². The molecule has 0 N–H and O–H groups in total. The van der Waals surface area contributed by atoms with Crippen LogP contribution in [-0.2, 0) is 17.7 Å². The molecule has 2 atom stereocenters. The second kappa shape index (κ2) is 25.6. The first-order chi connectivity index (χ1) is 20.1. The van der Waals surface area contributed by atoms with Gasteiger partial charge in [0.1, 0.15) is 0 Å². The fraction of sp³-hybridized carbons (Fsp3) is 1.00. The van der Waals surface area contributed by atoms with E-state index in [2.05, 4.69) is 88.8 Å². The molecule has 2 unspecified atom stereocenters. The Labute approximate surface area is 279 Å². The summed E-state index contributed by atoms with van der Waals surface area (Å²) in [7, 11) is 7.78. The molecular weight excluding hydrogens is 641 g/mol. The molecule has 0 aliphatic carbocycles. The number of hydrogen-bond acceptors (Lipinski definition) is 12. The van der Waals surface area contributed by atoms with Crippen LogP contribution in [0.4, 0.5) is 0 Å². The van der Waals surface area contributed by atoms with Gasteiger partial charge >= 0.3 is 18.6 Å². The quantitative estimate of drug-likeness (QED) is 0.0351. The molecule has 8 nitrogen and oxygen atoms in total. The zero-order valence-corrected chi connectivity index (χ0v) is 34.7. The lowest BCUT2D eigenvalue weighted by Gasteiger charge is -2.48. The summed E-state index contributed by atoms with van der Waals surface area (Å²) in [6.45, 7) is 29.8. The molecule has 14 heteroatoms. The van der Waals surface area contributed by atoms with E-state index in [1.54, 1.807) is 0 Å². The molecule has 42 heavy (non-hydrogen) atoms. The number of nitrogens with zero attached hydrogens (tertiary/aromatic N) is 4. The van der Waals surface area contributed by atoms with E-state index in [0.717, 1.165) is 88.8 Å². The number of hydrogen-bond donors (Lipinski definition) is 0. The highest BCUT2D eigenvalue weighted by Crippen LogP contribution is 2.43. The van der Waals surface area contributed by atoms with Crippen molar-refractivity contribution < 1.29 is 17.7 Å². The lowest BCUT2D eigenvalue weighted by atomic mass is 10.3. The van der Waals surface area contributed by atoms with E-state index in [0.29, 0.717) is 0 Å². The fourth-order valence-corrected chi connectivity index (χ4v) is 16.0. The Kier molecular flexibility index (Phi) is 26.5. The highest BCUT2D eigenvalue weighted by Gasteiger charge is 2.40. The van der Waals surface area contributed by atoms with E-state index in [-0.39, 0.29) is 0 Å². The summed E-state index contributed by atoms with van der Waals surface area (Å²) in [4.78, 5) is 9.65. The topological polar surface area (TPSA) is 49.9 Å². The van der Waals surface area contributed by atoms with Gasteiger partial charge in [0.2, 0.25) is 0 Å². The van der Waals surface area contributed by atoms with Crippen molar-refractivity contribution in [2.45, 2.75) is 106 Å². The Balaban J connectivity index is 4.50. The molecule has 0 rings (SSSR count). The highest BCUT2D eigenvalue weighted by molar-refractivity contribution is 9.26. The standard InChI is InChI=1S/C28H66N4O4S4Si2/c1-13-29(14-2)27(9,30(15-3)16-4)35-41(33-11)25-21-23-37-39-40-38-24-22-26-42(34-12)36-28(10,31(17-5)18-6)32(19-7)20-8/h41-42H,13-26H2,1-12H3. The van der Waals surface area contributed by atoms with Gasteiger partial charge in [0.25, 0.3) is 0 Å². The van der Waals surface area contributed by atoms with Crippen molar-refractivity contribution in [1.29, 1.82) is 0 Å². The van der Waals surface area contributed by atoms with Gasteiger partial charge < -0.3 is 17.7 Å². The summed E-state index contributed by atoms with van der Waals surface area (Å²) < 4.78 is 25.4. The molecule has 0 amide bonds. The van der Waals surface area contributed by atoms with Gasteiger partial charge in [0, 0.05) is 25.7 Å². The molecule has 254 valence electrons. The Bertz CT molecular complexity index is 563. The molecule has 0 radical (unpaired) electrons. The van der Waals surface area contributed by atoms with E-state index >= 15 is 0 Å². The monoisotopic (exact) mass is 706 g/mol. The first kappa shape index (κ1) is 43.5. The van der Waals surface area contributed by atoms with Gasteiger partial charge in [-0.25, -0.2) is 0 Å². The third kappa shape index (κ3) is 14.5. The second-order valence-corrected chi connectivity index (χ2v) is 20.7. The van der Waals surface area contributed by atoms with Crippen LogP contribution in [0, 0.1) is 0 Å². The fourth-order valence-electron chi connectivity index (χ4n) is 5.61. The van der Waals surface area contributed by atoms with Crippen LogP contribution in [-0.4, -0.2) is 128 Å². The van der Waals surface area contributed by atoms with Crippen LogP contribution < -0.4 is 0 Å². The predicted molar refractivity (Wildman–Crippen MR) is 198 cm³/mol. The lowest BCUT2D eigenvalue weighted by Crippen LogP contribution is -2.62. The van der Waals surface area contributed by atoms with Crippen LogP contribution in [0.5, 0.6) is 0 Å². The van der Waals surface area contributed by atoms with E-state index in [9.17, 15) is 0 Å². The molecule has 0 spiro atoms. The molecule has 0 saturated carbocycles. The minimum absolute atomic E-state index is 0.403. The van der Waals surface area contributed by atoms with E-state index in [1.165, 1.54) is 0 Å². The van der Waals surface area contributed by atoms with E-state index in [4.69, 9.17) is 17.7 Å². The summed E-state index contributed by atoms with van der Waals surface area (Å²) in [6, 6.07) is 2.06. The summed E-state index contributed by atoms with van der Waals surface area (Å²) >= 11 is 0. The Morgan fingerprint density at radius 3 is 0.976 bits per heavy atom. The van der Waals surface area contributed by atoms with Crippen molar-refractivity contribution in [1.82, 2.24) is 19.6 Å². The van der Waals surface area contributed by atoms with Gasteiger partial charge in [0.05, 0.1) is 0 Å². The largest absolute Gasteiger partial charge is 0.400 e. The zero-order valence-electron chi connectivity index (χ0n) is 29.1. The van der Waals surface area contributed by atoms with Crippen molar-refractivity contribution in [2.24, 2.45) is 0 Å². The summed E-state index contributed by atoms with van der Waals surface area (Å²) in [5, 5.41) is 0.